The predicted octanol–water partition coefficient (Wildman–Crippen LogP) is 4.47. The highest BCUT2D eigenvalue weighted by molar-refractivity contribution is 9.09. The standard InChI is InChI=1S/C27H36Br2O7/c1-25-7-5-17(35-22(31)12-28)10-16(25)3-4-19-18(25)6-8-26(2)24(15-9-21(30)34-14-15)20(11-27(19,26)33)36-23(32)13-29/h9,16-20,24,33H,3-8,10-14H2,1-2H3/t16-,17-,18-,19+,20+,24+,25-,26+,27-/m0/s1. The van der Waals surface area contributed by atoms with Crippen molar-refractivity contribution in [3.63, 3.8) is 0 Å². The van der Waals surface area contributed by atoms with E-state index >= 15 is 0 Å². The van der Waals surface area contributed by atoms with Crippen molar-refractivity contribution >= 4 is 49.8 Å². The molecule has 1 aliphatic heterocycles. The Balaban J connectivity index is 1.43. The maximum absolute atomic E-state index is 12.6. The zero-order chi connectivity index (χ0) is 25.9. The summed E-state index contributed by atoms with van der Waals surface area (Å²) in [6.07, 6.45) is 7.78. The predicted molar refractivity (Wildman–Crippen MR) is 138 cm³/mol. The Morgan fingerprint density at radius 3 is 2.44 bits per heavy atom. The molecular formula is C27H36Br2O7. The SMILES string of the molecule is C[C@]12CC[C@H](OC(=O)CBr)C[C@@H]1CC[C@@H]1[C@@H]2CC[C@]2(C)[C@H](C3=CC(=O)OC3)[C@H](OC(=O)CBr)C[C@]12O. The lowest BCUT2D eigenvalue weighted by Crippen LogP contribution is -2.62. The second-order valence-electron chi connectivity index (χ2n) is 12.1. The van der Waals surface area contributed by atoms with Crippen molar-refractivity contribution in [3.8, 4) is 0 Å². The number of aliphatic hydroxyl groups is 1. The fraction of sp³-hybridized carbons (Fsp3) is 0.815. The number of hydrogen-bond donors (Lipinski definition) is 1. The van der Waals surface area contributed by atoms with Gasteiger partial charge in [0.2, 0.25) is 0 Å². The van der Waals surface area contributed by atoms with Crippen LogP contribution in [-0.2, 0) is 28.6 Å². The lowest BCUT2D eigenvalue weighted by Gasteiger charge is -2.63. The number of alkyl halides is 2. The number of carbonyl (C=O) groups excluding carboxylic acids is 3. The third-order valence-corrected chi connectivity index (χ3v) is 11.6. The zero-order valence-electron chi connectivity index (χ0n) is 21.0. The molecule has 9 heteroatoms. The minimum absolute atomic E-state index is 0.0302. The van der Waals surface area contributed by atoms with Crippen LogP contribution in [0.3, 0.4) is 0 Å². The number of ether oxygens (including phenoxy) is 3. The van der Waals surface area contributed by atoms with E-state index in [0.29, 0.717) is 18.3 Å². The third kappa shape index (κ3) is 4.10. The molecule has 0 bridgehead atoms. The van der Waals surface area contributed by atoms with Crippen LogP contribution in [0.25, 0.3) is 0 Å². The largest absolute Gasteiger partial charge is 0.462 e. The van der Waals surface area contributed by atoms with Gasteiger partial charge in [-0.15, -0.1) is 0 Å². The van der Waals surface area contributed by atoms with Gasteiger partial charge in [-0.1, -0.05) is 45.7 Å². The molecule has 0 saturated heterocycles. The molecule has 4 saturated carbocycles. The molecule has 7 nitrogen and oxygen atoms in total. The highest BCUT2D eigenvalue weighted by atomic mass is 79.9. The van der Waals surface area contributed by atoms with E-state index in [2.05, 4.69) is 45.7 Å². The minimum atomic E-state index is -1.00. The van der Waals surface area contributed by atoms with Gasteiger partial charge in [0.15, 0.2) is 0 Å². The van der Waals surface area contributed by atoms with E-state index in [1.807, 2.05) is 0 Å². The molecular weight excluding hydrogens is 596 g/mol. The van der Waals surface area contributed by atoms with E-state index in [1.165, 1.54) is 6.08 Å². The quantitative estimate of drug-likeness (QED) is 0.272. The van der Waals surface area contributed by atoms with E-state index in [9.17, 15) is 19.5 Å². The molecule has 4 aliphatic carbocycles. The molecule has 5 rings (SSSR count). The van der Waals surface area contributed by atoms with Crippen molar-refractivity contribution in [2.24, 2.45) is 34.5 Å². The van der Waals surface area contributed by atoms with Crippen molar-refractivity contribution in [2.45, 2.75) is 83.0 Å². The summed E-state index contributed by atoms with van der Waals surface area (Å²) < 4.78 is 16.8. The van der Waals surface area contributed by atoms with Gasteiger partial charge in [0.05, 0.1) is 5.60 Å². The molecule has 0 amide bonds. The molecule has 0 aromatic rings. The second-order valence-corrected chi connectivity index (χ2v) is 13.2. The van der Waals surface area contributed by atoms with Crippen LogP contribution in [0.4, 0.5) is 0 Å². The Morgan fingerprint density at radius 1 is 1.06 bits per heavy atom. The van der Waals surface area contributed by atoms with Gasteiger partial charge < -0.3 is 19.3 Å². The second kappa shape index (κ2) is 9.67. The number of hydrogen-bond acceptors (Lipinski definition) is 7. The fourth-order valence-corrected chi connectivity index (χ4v) is 9.32. The summed E-state index contributed by atoms with van der Waals surface area (Å²) in [5, 5.41) is 12.9. The maximum atomic E-state index is 12.6. The average molecular weight is 632 g/mol. The van der Waals surface area contributed by atoms with Gasteiger partial charge in [0, 0.05) is 23.8 Å². The summed E-state index contributed by atoms with van der Waals surface area (Å²) in [5.74, 6) is -0.278. The minimum Gasteiger partial charge on any atom is -0.462 e. The van der Waals surface area contributed by atoms with Crippen molar-refractivity contribution in [1.82, 2.24) is 0 Å². The number of halogens is 2. The van der Waals surface area contributed by atoms with Crippen LogP contribution < -0.4 is 0 Å². The first-order valence-corrected chi connectivity index (χ1v) is 15.4. The molecule has 0 spiro atoms. The zero-order valence-corrected chi connectivity index (χ0v) is 24.1. The average Bonchev–Trinajstić information content (AvgIpc) is 3.36. The van der Waals surface area contributed by atoms with E-state index in [-0.39, 0.29) is 58.5 Å². The van der Waals surface area contributed by atoms with E-state index in [4.69, 9.17) is 14.2 Å². The van der Waals surface area contributed by atoms with Gasteiger partial charge in [0.1, 0.15) is 29.5 Å². The Kier molecular flexibility index (Phi) is 7.16. The molecule has 9 atom stereocenters. The Bertz CT molecular complexity index is 968. The van der Waals surface area contributed by atoms with Crippen LogP contribution in [0.1, 0.15) is 65.2 Å². The number of rotatable bonds is 5. The van der Waals surface area contributed by atoms with Crippen molar-refractivity contribution < 1.29 is 33.7 Å². The molecule has 36 heavy (non-hydrogen) atoms. The van der Waals surface area contributed by atoms with Crippen molar-refractivity contribution in [1.29, 1.82) is 0 Å². The van der Waals surface area contributed by atoms with Gasteiger partial charge in [-0.2, -0.15) is 0 Å². The molecule has 0 unspecified atom stereocenters. The molecule has 200 valence electrons. The summed E-state index contributed by atoms with van der Waals surface area (Å²) in [6, 6.07) is 0. The Hall–Kier alpha value is -0.930. The van der Waals surface area contributed by atoms with Gasteiger partial charge in [-0.25, -0.2) is 4.79 Å². The van der Waals surface area contributed by atoms with Gasteiger partial charge in [0.25, 0.3) is 0 Å². The molecule has 0 radical (unpaired) electrons. The van der Waals surface area contributed by atoms with Crippen molar-refractivity contribution in [2.75, 3.05) is 17.3 Å². The molecule has 1 heterocycles. The van der Waals surface area contributed by atoms with Crippen LogP contribution in [0.5, 0.6) is 0 Å². The summed E-state index contributed by atoms with van der Waals surface area (Å²) in [5.41, 5.74) is -0.615. The number of esters is 3. The Labute approximate surface area is 229 Å². The first-order valence-electron chi connectivity index (χ1n) is 13.2. The number of fused-ring (bicyclic) bond motifs is 5. The highest BCUT2D eigenvalue weighted by Gasteiger charge is 2.71. The first kappa shape index (κ1) is 26.7. The molecule has 0 aromatic carbocycles. The van der Waals surface area contributed by atoms with Gasteiger partial charge in [-0.05, 0) is 73.7 Å². The summed E-state index contributed by atoms with van der Waals surface area (Å²) in [7, 11) is 0. The van der Waals surface area contributed by atoms with Crippen LogP contribution in [0.2, 0.25) is 0 Å². The maximum Gasteiger partial charge on any atom is 0.331 e. The summed E-state index contributed by atoms with van der Waals surface area (Å²) in [6.45, 7) is 4.70. The van der Waals surface area contributed by atoms with Crippen LogP contribution >= 0.6 is 31.9 Å². The van der Waals surface area contributed by atoms with Crippen LogP contribution in [-0.4, -0.2) is 58.1 Å². The topological polar surface area (TPSA) is 99.1 Å². The first-order chi connectivity index (χ1) is 17.1. The highest BCUT2D eigenvalue weighted by Crippen LogP contribution is 2.70. The van der Waals surface area contributed by atoms with Crippen LogP contribution in [0.15, 0.2) is 11.6 Å². The van der Waals surface area contributed by atoms with Crippen molar-refractivity contribution in [3.05, 3.63) is 11.6 Å². The summed E-state index contributed by atoms with van der Waals surface area (Å²) in [4.78, 5) is 36.2. The van der Waals surface area contributed by atoms with Gasteiger partial charge in [-0.3, -0.25) is 9.59 Å². The number of cyclic esters (lactones) is 1. The number of carbonyl (C=O) groups is 3. The molecule has 5 aliphatic rings. The van der Waals surface area contributed by atoms with Crippen LogP contribution in [0, 0.1) is 34.5 Å². The van der Waals surface area contributed by atoms with E-state index in [1.54, 1.807) is 0 Å². The molecule has 4 fully saturated rings. The molecule has 0 aromatic heterocycles. The fourth-order valence-electron chi connectivity index (χ4n) is 9.05. The van der Waals surface area contributed by atoms with E-state index in [0.717, 1.165) is 50.5 Å². The normalized spacial score (nSPS) is 45.6. The van der Waals surface area contributed by atoms with E-state index < -0.39 is 17.1 Å². The summed E-state index contributed by atoms with van der Waals surface area (Å²) >= 11 is 6.39. The smallest absolute Gasteiger partial charge is 0.331 e. The lowest BCUT2D eigenvalue weighted by atomic mass is 9.43. The lowest BCUT2D eigenvalue weighted by molar-refractivity contribution is -0.209. The molecule has 1 N–H and O–H groups in total. The third-order valence-electron chi connectivity index (χ3n) is 10.7. The monoisotopic (exact) mass is 630 g/mol. The van der Waals surface area contributed by atoms with Gasteiger partial charge >= 0.3 is 17.9 Å². The Morgan fingerprint density at radius 2 is 1.78 bits per heavy atom.